The molecule has 0 atom stereocenters. The minimum atomic E-state index is -3.86. The third-order valence-corrected chi connectivity index (χ3v) is 5.54. The van der Waals surface area contributed by atoms with E-state index < -0.39 is 16.0 Å². The van der Waals surface area contributed by atoms with Crippen LogP contribution in [0.2, 0.25) is 0 Å². The Morgan fingerprint density at radius 3 is 2.43 bits per heavy atom. The molecule has 0 saturated heterocycles. The highest BCUT2D eigenvalue weighted by Crippen LogP contribution is 2.17. The van der Waals surface area contributed by atoms with Crippen molar-refractivity contribution in [3.8, 4) is 5.75 Å². The average Bonchev–Trinajstić information content (AvgIpc) is 2.70. The summed E-state index contributed by atoms with van der Waals surface area (Å²) in [5, 5.41) is 2.63. The van der Waals surface area contributed by atoms with E-state index in [9.17, 15) is 18.0 Å². The summed E-state index contributed by atoms with van der Waals surface area (Å²) in [7, 11) is -1.13. The number of carbonyl (C=O) groups excluding carboxylic acids is 2. The van der Waals surface area contributed by atoms with E-state index in [1.54, 1.807) is 31.2 Å². The largest absolute Gasteiger partial charge is 0.497 e. The Hall–Kier alpha value is -2.91. The molecule has 2 rings (SSSR count). The lowest BCUT2D eigenvalue weighted by Gasteiger charge is -2.11. The molecule has 0 bridgehead atoms. The maximum absolute atomic E-state index is 12.5. The van der Waals surface area contributed by atoms with Crippen LogP contribution in [-0.2, 0) is 14.8 Å². The first-order valence-corrected chi connectivity index (χ1v) is 9.87. The number of methoxy groups -OCH3 is 2. The fourth-order valence-corrected chi connectivity index (χ4v) is 3.74. The summed E-state index contributed by atoms with van der Waals surface area (Å²) >= 11 is 0. The van der Waals surface area contributed by atoms with Crippen LogP contribution in [0.4, 0.5) is 0 Å². The average molecular weight is 406 g/mol. The van der Waals surface area contributed by atoms with Gasteiger partial charge >= 0.3 is 5.97 Å². The summed E-state index contributed by atoms with van der Waals surface area (Å²) in [6, 6.07) is 10.9. The Morgan fingerprint density at radius 2 is 1.75 bits per heavy atom. The second kappa shape index (κ2) is 9.34. The molecule has 150 valence electrons. The van der Waals surface area contributed by atoms with Gasteiger partial charge in [-0.2, -0.15) is 0 Å². The number of benzene rings is 2. The van der Waals surface area contributed by atoms with Gasteiger partial charge in [0.25, 0.3) is 5.91 Å². The van der Waals surface area contributed by atoms with Gasteiger partial charge in [-0.05, 0) is 42.8 Å². The number of hydrogen-bond donors (Lipinski definition) is 2. The molecule has 2 N–H and O–H groups in total. The van der Waals surface area contributed by atoms with E-state index in [0.717, 1.165) is 0 Å². The Kier molecular flexibility index (Phi) is 7.13. The van der Waals surface area contributed by atoms with Crippen LogP contribution in [0.25, 0.3) is 0 Å². The Bertz CT molecular complexity index is 972. The number of aryl methyl sites for hydroxylation is 1. The molecule has 0 aliphatic rings. The first kappa shape index (κ1) is 21.4. The van der Waals surface area contributed by atoms with E-state index in [1.165, 1.54) is 32.4 Å². The maximum Gasteiger partial charge on any atom is 0.337 e. The molecule has 0 saturated carbocycles. The van der Waals surface area contributed by atoms with Gasteiger partial charge in [0.15, 0.2) is 0 Å². The van der Waals surface area contributed by atoms with Crippen molar-refractivity contribution < 1.29 is 27.5 Å². The van der Waals surface area contributed by atoms with Gasteiger partial charge < -0.3 is 14.8 Å². The molecule has 0 aliphatic heterocycles. The van der Waals surface area contributed by atoms with E-state index >= 15 is 0 Å². The number of ether oxygens (including phenoxy) is 2. The van der Waals surface area contributed by atoms with E-state index in [-0.39, 0.29) is 29.5 Å². The predicted octanol–water partition coefficient (Wildman–Crippen LogP) is 1.50. The van der Waals surface area contributed by atoms with Crippen molar-refractivity contribution in [3.05, 3.63) is 59.2 Å². The Balaban J connectivity index is 1.98. The molecule has 0 spiro atoms. The zero-order valence-electron chi connectivity index (χ0n) is 15.8. The SMILES string of the molecule is COC(=O)c1ccc(C)c(S(=O)(=O)NCCNC(=O)c2cccc(OC)c2)c1. The molecule has 1 amide bonds. The summed E-state index contributed by atoms with van der Waals surface area (Å²) in [6.45, 7) is 1.70. The third-order valence-electron chi connectivity index (χ3n) is 3.93. The molecule has 8 nitrogen and oxygen atoms in total. The summed E-state index contributed by atoms with van der Waals surface area (Å²) < 4.78 is 37.1. The normalized spacial score (nSPS) is 11.0. The minimum Gasteiger partial charge on any atom is -0.497 e. The summed E-state index contributed by atoms with van der Waals surface area (Å²) in [5.74, 6) is -0.418. The van der Waals surface area contributed by atoms with Gasteiger partial charge in [-0.1, -0.05) is 12.1 Å². The van der Waals surface area contributed by atoms with Crippen LogP contribution in [0.15, 0.2) is 47.4 Å². The maximum atomic E-state index is 12.5. The quantitative estimate of drug-likeness (QED) is 0.508. The van der Waals surface area contributed by atoms with Crippen molar-refractivity contribution in [3.63, 3.8) is 0 Å². The first-order valence-electron chi connectivity index (χ1n) is 8.39. The molecule has 2 aromatic rings. The van der Waals surface area contributed by atoms with Gasteiger partial charge in [-0.15, -0.1) is 0 Å². The molecule has 2 aromatic carbocycles. The number of nitrogens with one attached hydrogen (secondary N) is 2. The van der Waals surface area contributed by atoms with Crippen LogP contribution < -0.4 is 14.8 Å². The van der Waals surface area contributed by atoms with Gasteiger partial charge in [0.05, 0.1) is 24.7 Å². The van der Waals surface area contributed by atoms with Crippen LogP contribution in [0, 0.1) is 6.92 Å². The molecular weight excluding hydrogens is 384 g/mol. The van der Waals surface area contributed by atoms with Crippen molar-refractivity contribution in [1.82, 2.24) is 10.0 Å². The van der Waals surface area contributed by atoms with E-state index in [0.29, 0.717) is 16.9 Å². The van der Waals surface area contributed by atoms with Crippen LogP contribution in [0.5, 0.6) is 5.75 Å². The predicted molar refractivity (Wildman–Crippen MR) is 103 cm³/mol. The minimum absolute atomic E-state index is 0.0140. The number of hydrogen-bond acceptors (Lipinski definition) is 6. The van der Waals surface area contributed by atoms with Crippen molar-refractivity contribution in [2.45, 2.75) is 11.8 Å². The molecule has 28 heavy (non-hydrogen) atoms. The second-order valence-electron chi connectivity index (χ2n) is 5.86. The van der Waals surface area contributed by atoms with E-state index in [1.807, 2.05) is 0 Å². The fraction of sp³-hybridized carbons (Fsp3) is 0.263. The van der Waals surface area contributed by atoms with E-state index in [2.05, 4.69) is 14.8 Å². The molecular formula is C19H22N2O6S. The zero-order chi connectivity index (χ0) is 20.7. The number of esters is 1. The van der Waals surface area contributed by atoms with Crippen LogP contribution in [0.1, 0.15) is 26.3 Å². The van der Waals surface area contributed by atoms with Crippen LogP contribution in [-0.4, -0.2) is 47.6 Å². The first-order chi connectivity index (χ1) is 13.3. The van der Waals surface area contributed by atoms with Crippen molar-refractivity contribution in [1.29, 1.82) is 0 Å². The number of amides is 1. The fourth-order valence-electron chi connectivity index (χ4n) is 2.44. The van der Waals surface area contributed by atoms with Gasteiger partial charge in [0.1, 0.15) is 5.75 Å². The van der Waals surface area contributed by atoms with Gasteiger partial charge in [-0.3, -0.25) is 4.79 Å². The van der Waals surface area contributed by atoms with Gasteiger partial charge in [0, 0.05) is 18.7 Å². The van der Waals surface area contributed by atoms with Gasteiger partial charge in [0.2, 0.25) is 10.0 Å². The number of rotatable bonds is 8. The molecule has 0 radical (unpaired) electrons. The molecule has 0 fully saturated rings. The lowest BCUT2D eigenvalue weighted by Crippen LogP contribution is -2.35. The standard InChI is InChI=1S/C19H22N2O6S/c1-13-7-8-15(19(23)27-3)12-17(13)28(24,25)21-10-9-20-18(22)14-5-4-6-16(11-14)26-2/h4-8,11-12,21H,9-10H2,1-3H3,(H,20,22). The van der Waals surface area contributed by atoms with Crippen molar-refractivity contribution >= 4 is 21.9 Å². The van der Waals surface area contributed by atoms with E-state index in [4.69, 9.17) is 4.74 Å². The molecule has 0 aromatic heterocycles. The summed E-state index contributed by atoms with van der Waals surface area (Å²) in [4.78, 5) is 23.7. The Morgan fingerprint density at radius 1 is 1.00 bits per heavy atom. The smallest absolute Gasteiger partial charge is 0.337 e. The number of sulfonamides is 1. The molecule has 9 heteroatoms. The molecule has 0 aliphatic carbocycles. The monoisotopic (exact) mass is 406 g/mol. The summed E-state index contributed by atoms with van der Waals surface area (Å²) in [6.07, 6.45) is 0. The van der Waals surface area contributed by atoms with Gasteiger partial charge in [-0.25, -0.2) is 17.9 Å². The molecule has 0 unspecified atom stereocenters. The van der Waals surface area contributed by atoms with Crippen molar-refractivity contribution in [2.24, 2.45) is 0 Å². The lowest BCUT2D eigenvalue weighted by atomic mass is 10.1. The lowest BCUT2D eigenvalue weighted by molar-refractivity contribution is 0.0600. The Labute approximate surface area is 163 Å². The van der Waals surface area contributed by atoms with Crippen LogP contribution in [0.3, 0.4) is 0 Å². The summed E-state index contributed by atoms with van der Waals surface area (Å²) in [5.41, 5.74) is 1.03. The second-order valence-corrected chi connectivity index (χ2v) is 7.59. The highest BCUT2D eigenvalue weighted by molar-refractivity contribution is 7.89. The van der Waals surface area contributed by atoms with Crippen LogP contribution >= 0.6 is 0 Å². The molecule has 0 heterocycles. The highest BCUT2D eigenvalue weighted by Gasteiger charge is 2.19. The topological polar surface area (TPSA) is 111 Å². The number of carbonyl (C=O) groups is 2. The zero-order valence-corrected chi connectivity index (χ0v) is 16.6. The highest BCUT2D eigenvalue weighted by atomic mass is 32.2. The third kappa shape index (κ3) is 5.30. The van der Waals surface area contributed by atoms with Crippen molar-refractivity contribution in [2.75, 3.05) is 27.3 Å².